The van der Waals surface area contributed by atoms with Crippen molar-refractivity contribution in [1.29, 1.82) is 0 Å². The van der Waals surface area contributed by atoms with Crippen molar-refractivity contribution in [3.63, 3.8) is 0 Å². The predicted molar refractivity (Wildman–Crippen MR) is 42.9 cm³/mol. The molecule has 0 spiro atoms. The summed E-state index contributed by atoms with van der Waals surface area (Å²) in [4.78, 5) is 11.1. The Morgan fingerprint density at radius 3 is 3.00 bits per heavy atom. The van der Waals surface area contributed by atoms with Gasteiger partial charge in [0.15, 0.2) is 0 Å². The van der Waals surface area contributed by atoms with Crippen LogP contribution in [-0.4, -0.2) is 22.9 Å². The highest BCUT2D eigenvalue weighted by atomic mass is 28.2. The molecule has 0 N–H and O–H groups in total. The lowest BCUT2D eigenvalue weighted by Gasteiger charge is -2.19. The molecule has 1 aliphatic rings. The van der Waals surface area contributed by atoms with Gasteiger partial charge in [-0.25, -0.2) is 0 Å². The molecular formula is C7H14O2Si. The fourth-order valence-electron chi connectivity index (χ4n) is 1.43. The smallest absolute Gasteiger partial charge is 0.145 e. The Morgan fingerprint density at radius 1 is 1.60 bits per heavy atom. The average Bonchev–Trinajstić information content (AvgIpc) is 1.94. The van der Waals surface area contributed by atoms with E-state index in [4.69, 9.17) is 4.43 Å². The van der Waals surface area contributed by atoms with Crippen molar-refractivity contribution in [3.05, 3.63) is 0 Å². The van der Waals surface area contributed by atoms with Crippen LogP contribution in [0, 0.1) is 5.92 Å². The predicted octanol–water partition coefficient (Wildman–Crippen LogP) is 0.0427. The first-order valence-corrected chi connectivity index (χ1v) is 4.68. The molecule has 1 aliphatic carbocycles. The third-order valence-corrected chi connectivity index (χ3v) is 2.38. The van der Waals surface area contributed by atoms with Crippen LogP contribution in [0.4, 0.5) is 0 Å². The highest BCUT2D eigenvalue weighted by Gasteiger charge is 2.20. The zero-order chi connectivity index (χ0) is 7.40. The summed E-state index contributed by atoms with van der Waals surface area (Å²) in [6, 6.07) is 0. The number of hydrogen-bond acceptors (Lipinski definition) is 2. The van der Waals surface area contributed by atoms with Crippen molar-refractivity contribution in [2.45, 2.75) is 25.7 Å². The minimum absolute atomic E-state index is 0.242. The lowest BCUT2D eigenvalue weighted by atomic mass is 9.89. The minimum atomic E-state index is 0.242. The molecule has 1 rings (SSSR count). The van der Waals surface area contributed by atoms with E-state index in [0.29, 0.717) is 12.4 Å². The van der Waals surface area contributed by atoms with Gasteiger partial charge in [0.25, 0.3) is 0 Å². The topological polar surface area (TPSA) is 26.3 Å². The first kappa shape index (κ1) is 7.95. The normalized spacial score (nSPS) is 27.2. The van der Waals surface area contributed by atoms with Crippen LogP contribution in [0.25, 0.3) is 0 Å². The first-order chi connectivity index (χ1) is 4.84. The summed E-state index contributed by atoms with van der Waals surface area (Å²) in [5.74, 6) is 0.661. The van der Waals surface area contributed by atoms with Crippen molar-refractivity contribution in [1.82, 2.24) is 0 Å². The summed E-state index contributed by atoms with van der Waals surface area (Å²) in [6.07, 6.45) is 4.15. The highest BCUT2D eigenvalue weighted by molar-refractivity contribution is 5.98. The Balaban J connectivity index is 2.32. The monoisotopic (exact) mass is 158 g/mol. The van der Waals surface area contributed by atoms with Crippen molar-refractivity contribution in [2.75, 3.05) is 6.61 Å². The number of ketones is 1. The molecule has 0 bridgehead atoms. The number of carbonyl (C=O) groups is 1. The van der Waals surface area contributed by atoms with Crippen molar-refractivity contribution < 1.29 is 9.22 Å². The van der Waals surface area contributed by atoms with Gasteiger partial charge in [-0.15, -0.1) is 0 Å². The maximum atomic E-state index is 11.1. The molecule has 0 amide bonds. The second-order valence-corrected chi connectivity index (χ2v) is 3.44. The average molecular weight is 158 g/mol. The molecule has 10 heavy (non-hydrogen) atoms. The van der Waals surface area contributed by atoms with Gasteiger partial charge in [0.05, 0.1) is 0 Å². The van der Waals surface area contributed by atoms with Crippen LogP contribution in [0.1, 0.15) is 25.7 Å². The molecule has 1 atom stereocenters. The van der Waals surface area contributed by atoms with E-state index in [0.717, 1.165) is 29.7 Å². The molecule has 0 saturated heterocycles. The van der Waals surface area contributed by atoms with Gasteiger partial charge in [-0.2, -0.15) is 0 Å². The van der Waals surface area contributed by atoms with Crippen LogP contribution in [0.5, 0.6) is 0 Å². The fraction of sp³-hybridized carbons (Fsp3) is 0.857. The molecule has 2 nitrogen and oxygen atoms in total. The molecule has 1 fully saturated rings. The van der Waals surface area contributed by atoms with Crippen LogP contribution in [-0.2, 0) is 9.22 Å². The zero-order valence-corrected chi connectivity index (χ0v) is 8.43. The molecule has 1 unspecified atom stereocenters. The SMILES string of the molecule is O=C1CCCCC1CO[SiH3]. The van der Waals surface area contributed by atoms with E-state index in [9.17, 15) is 4.79 Å². The maximum absolute atomic E-state index is 11.1. The van der Waals surface area contributed by atoms with Crippen molar-refractivity contribution in [3.8, 4) is 0 Å². The van der Waals surface area contributed by atoms with Gasteiger partial charge in [0, 0.05) is 18.9 Å². The van der Waals surface area contributed by atoms with Crippen LogP contribution in [0.3, 0.4) is 0 Å². The molecule has 0 radical (unpaired) electrons. The summed E-state index contributed by atoms with van der Waals surface area (Å²) < 4.78 is 5.07. The van der Waals surface area contributed by atoms with Gasteiger partial charge in [0.2, 0.25) is 0 Å². The molecule has 0 aromatic heterocycles. The fourth-order valence-corrected chi connectivity index (χ4v) is 1.83. The minimum Gasteiger partial charge on any atom is -0.427 e. The lowest BCUT2D eigenvalue weighted by Crippen LogP contribution is -2.23. The van der Waals surface area contributed by atoms with Crippen LogP contribution in [0.2, 0.25) is 0 Å². The summed E-state index contributed by atoms with van der Waals surface area (Å²) in [5, 5.41) is 0. The van der Waals surface area contributed by atoms with Gasteiger partial charge in [0.1, 0.15) is 16.3 Å². The second kappa shape index (κ2) is 3.88. The number of carbonyl (C=O) groups excluding carboxylic acids is 1. The van der Waals surface area contributed by atoms with Crippen molar-refractivity contribution in [2.24, 2.45) is 5.92 Å². The Hall–Kier alpha value is -0.153. The molecule has 1 saturated carbocycles. The second-order valence-electron chi connectivity index (χ2n) is 2.86. The molecule has 0 heterocycles. The molecule has 3 heteroatoms. The Bertz CT molecular complexity index is 123. The van der Waals surface area contributed by atoms with Gasteiger partial charge < -0.3 is 4.43 Å². The molecule has 0 aromatic rings. The van der Waals surface area contributed by atoms with E-state index in [1.165, 1.54) is 6.42 Å². The van der Waals surface area contributed by atoms with E-state index in [-0.39, 0.29) is 5.92 Å². The summed E-state index contributed by atoms with van der Waals surface area (Å²) in [5.41, 5.74) is 0. The highest BCUT2D eigenvalue weighted by Crippen LogP contribution is 2.20. The van der Waals surface area contributed by atoms with Crippen LogP contribution in [0.15, 0.2) is 0 Å². The van der Waals surface area contributed by atoms with Crippen molar-refractivity contribution >= 4 is 16.3 Å². The summed E-state index contributed by atoms with van der Waals surface area (Å²) in [6.45, 7) is 0.686. The number of hydrogen-bond donors (Lipinski definition) is 0. The molecule has 58 valence electrons. The quantitative estimate of drug-likeness (QED) is 0.531. The Kier molecular flexibility index (Phi) is 3.09. The Labute approximate surface area is 64.5 Å². The largest absolute Gasteiger partial charge is 0.427 e. The zero-order valence-electron chi connectivity index (χ0n) is 6.43. The lowest BCUT2D eigenvalue weighted by molar-refractivity contribution is -0.125. The summed E-state index contributed by atoms with van der Waals surface area (Å²) in [7, 11) is 0.762. The van der Waals surface area contributed by atoms with E-state index in [1.807, 2.05) is 0 Å². The molecule has 0 aromatic carbocycles. The van der Waals surface area contributed by atoms with E-state index in [1.54, 1.807) is 0 Å². The van der Waals surface area contributed by atoms with Gasteiger partial charge in [-0.05, 0) is 12.8 Å². The maximum Gasteiger partial charge on any atom is 0.145 e. The summed E-state index contributed by atoms with van der Waals surface area (Å²) >= 11 is 0. The van der Waals surface area contributed by atoms with Crippen LogP contribution >= 0.6 is 0 Å². The van der Waals surface area contributed by atoms with Gasteiger partial charge in [-0.1, -0.05) is 6.42 Å². The van der Waals surface area contributed by atoms with E-state index < -0.39 is 0 Å². The number of rotatable bonds is 2. The Morgan fingerprint density at radius 2 is 2.40 bits per heavy atom. The van der Waals surface area contributed by atoms with E-state index >= 15 is 0 Å². The van der Waals surface area contributed by atoms with Gasteiger partial charge >= 0.3 is 0 Å². The van der Waals surface area contributed by atoms with E-state index in [2.05, 4.69) is 0 Å². The first-order valence-electron chi connectivity index (χ1n) is 3.86. The third-order valence-electron chi connectivity index (χ3n) is 2.05. The third kappa shape index (κ3) is 1.92. The van der Waals surface area contributed by atoms with Crippen LogP contribution < -0.4 is 0 Å². The molecule has 0 aliphatic heterocycles. The van der Waals surface area contributed by atoms with Gasteiger partial charge in [-0.3, -0.25) is 4.79 Å². The number of Topliss-reactive ketones (excluding diaryl/α,β-unsaturated/α-hetero) is 1. The standard InChI is InChI=1S/C7H14O2Si/c8-7-4-2-1-3-6(7)5-9-10/h6H,1-5H2,10H3. The molecular weight excluding hydrogens is 144 g/mol.